The molecule has 1 fully saturated rings. The molecule has 0 saturated heterocycles. The second-order valence-electron chi connectivity index (χ2n) is 4.97. The molecular weight excluding hydrogens is 232 g/mol. The van der Waals surface area contributed by atoms with Gasteiger partial charge in [-0.15, -0.1) is 0 Å². The van der Waals surface area contributed by atoms with Crippen LogP contribution >= 0.6 is 11.6 Å². The lowest BCUT2D eigenvalue weighted by molar-refractivity contribution is 0.444. The van der Waals surface area contributed by atoms with E-state index in [-0.39, 0.29) is 0 Å². The fourth-order valence-electron chi connectivity index (χ4n) is 2.64. The van der Waals surface area contributed by atoms with Gasteiger partial charge in [0.05, 0.1) is 5.69 Å². The summed E-state index contributed by atoms with van der Waals surface area (Å²) in [6.07, 6.45) is 9.61. The minimum atomic E-state index is 0.563. The highest BCUT2D eigenvalue weighted by molar-refractivity contribution is 6.31. The number of nitrogens with zero attached hydrogens (tertiary/aromatic N) is 1. The molecule has 2 unspecified atom stereocenters. The molecule has 1 aliphatic rings. The third-order valence-electron chi connectivity index (χ3n) is 3.78. The van der Waals surface area contributed by atoms with Gasteiger partial charge in [-0.2, -0.15) is 0 Å². The minimum absolute atomic E-state index is 0.563. The van der Waals surface area contributed by atoms with Gasteiger partial charge in [0, 0.05) is 12.2 Å². The molecule has 17 heavy (non-hydrogen) atoms. The van der Waals surface area contributed by atoms with Crippen molar-refractivity contribution in [3.63, 3.8) is 0 Å². The Balaban J connectivity index is 1.93. The summed E-state index contributed by atoms with van der Waals surface area (Å²) >= 11 is 6.07. The Morgan fingerprint density at radius 2 is 2.24 bits per heavy atom. The summed E-state index contributed by atoms with van der Waals surface area (Å²) in [5.41, 5.74) is 0.981. The Morgan fingerprint density at radius 3 is 3.00 bits per heavy atom. The molecule has 0 aliphatic heterocycles. The van der Waals surface area contributed by atoms with Crippen molar-refractivity contribution in [3.8, 4) is 0 Å². The van der Waals surface area contributed by atoms with Crippen LogP contribution in [0.25, 0.3) is 0 Å². The molecule has 0 amide bonds. The van der Waals surface area contributed by atoms with E-state index in [0.29, 0.717) is 11.2 Å². The van der Waals surface area contributed by atoms with Crippen molar-refractivity contribution in [2.75, 3.05) is 5.32 Å². The summed E-state index contributed by atoms with van der Waals surface area (Å²) < 4.78 is 0. The molecule has 0 bridgehead atoms. The van der Waals surface area contributed by atoms with E-state index in [4.69, 9.17) is 11.6 Å². The van der Waals surface area contributed by atoms with Gasteiger partial charge in [0.15, 0.2) is 5.15 Å². The first-order valence-electron chi connectivity index (χ1n) is 6.66. The maximum Gasteiger partial charge on any atom is 0.152 e. The van der Waals surface area contributed by atoms with E-state index in [1.54, 1.807) is 6.20 Å². The van der Waals surface area contributed by atoms with Crippen LogP contribution in [0.5, 0.6) is 0 Å². The van der Waals surface area contributed by atoms with Crippen LogP contribution in [0.4, 0.5) is 5.69 Å². The van der Waals surface area contributed by atoms with Crippen LogP contribution in [0.15, 0.2) is 18.3 Å². The van der Waals surface area contributed by atoms with E-state index in [1.165, 1.54) is 38.5 Å². The number of halogens is 1. The molecule has 1 N–H and O–H groups in total. The summed E-state index contributed by atoms with van der Waals surface area (Å²) in [7, 11) is 0. The fraction of sp³-hybridized carbons (Fsp3) is 0.643. The van der Waals surface area contributed by atoms with Crippen molar-refractivity contribution in [2.45, 2.75) is 51.5 Å². The standard InChI is InChI=1S/C14H21ClN2/c1-2-11-5-3-6-12(9-8-11)17-13-7-4-10-16-14(13)15/h4,7,10-12,17H,2-3,5-6,8-9H2,1H3. The van der Waals surface area contributed by atoms with E-state index < -0.39 is 0 Å². The molecule has 94 valence electrons. The molecule has 0 aromatic carbocycles. The number of aromatic nitrogens is 1. The Bertz CT molecular complexity index is 354. The predicted octanol–water partition coefficient (Wildman–Crippen LogP) is 4.51. The molecule has 3 heteroatoms. The Morgan fingerprint density at radius 1 is 1.35 bits per heavy atom. The minimum Gasteiger partial charge on any atom is -0.380 e. The molecule has 2 rings (SSSR count). The summed E-state index contributed by atoms with van der Waals surface area (Å²) in [5, 5.41) is 4.13. The zero-order valence-electron chi connectivity index (χ0n) is 10.5. The number of nitrogens with one attached hydrogen (secondary N) is 1. The molecule has 1 heterocycles. The molecule has 0 spiro atoms. The molecule has 1 aromatic rings. The van der Waals surface area contributed by atoms with Crippen molar-refractivity contribution >= 4 is 17.3 Å². The van der Waals surface area contributed by atoms with Crippen LogP contribution in [-0.4, -0.2) is 11.0 Å². The van der Waals surface area contributed by atoms with Crippen molar-refractivity contribution in [1.82, 2.24) is 4.98 Å². The first-order chi connectivity index (χ1) is 8.29. The Kier molecular flexibility index (Phi) is 4.66. The highest BCUT2D eigenvalue weighted by Gasteiger charge is 2.18. The molecule has 1 aliphatic carbocycles. The van der Waals surface area contributed by atoms with E-state index in [1.807, 2.05) is 12.1 Å². The average Bonchev–Trinajstić information content (AvgIpc) is 2.57. The lowest BCUT2D eigenvalue weighted by Crippen LogP contribution is -2.18. The van der Waals surface area contributed by atoms with Crippen LogP contribution in [0.1, 0.15) is 45.4 Å². The SMILES string of the molecule is CCC1CCCC(Nc2cccnc2Cl)CC1. The van der Waals surface area contributed by atoms with E-state index in [9.17, 15) is 0 Å². The van der Waals surface area contributed by atoms with Gasteiger partial charge in [-0.25, -0.2) is 4.98 Å². The lowest BCUT2D eigenvalue weighted by atomic mass is 9.98. The normalized spacial score (nSPS) is 25.3. The van der Waals surface area contributed by atoms with Crippen molar-refractivity contribution in [2.24, 2.45) is 5.92 Å². The number of rotatable bonds is 3. The van der Waals surface area contributed by atoms with Gasteiger partial charge in [-0.3, -0.25) is 0 Å². The number of hydrogen-bond acceptors (Lipinski definition) is 2. The summed E-state index contributed by atoms with van der Waals surface area (Å²) in [6.45, 7) is 2.30. The van der Waals surface area contributed by atoms with E-state index in [2.05, 4.69) is 17.2 Å². The van der Waals surface area contributed by atoms with Crippen molar-refractivity contribution < 1.29 is 0 Å². The smallest absolute Gasteiger partial charge is 0.152 e. The van der Waals surface area contributed by atoms with E-state index in [0.717, 1.165) is 11.6 Å². The molecular formula is C14H21ClN2. The van der Waals surface area contributed by atoms with Crippen LogP contribution in [0.2, 0.25) is 5.15 Å². The van der Waals surface area contributed by atoms with Gasteiger partial charge in [-0.05, 0) is 37.3 Å². The average molecular weight is 253 g/mol. The zero-order chi connectivity index (χ0) is 12.1. The third kappa shape index (κ3) is 3.60. The largest absolute Gasteiger partial charge is 0.380 e. The van der Waals surface area contributed by atoms with Crippen LogP contribution in [0, 0.1) is 5.92 Å². The second kappa shape index (κ2) is 6.25. The van der Waals surface area contributed by atoms with Gasteiger partial charge in [-0.1, -0.05) is 37.8 Å². The summed E-state index contributed by atoms with van der Waals surface area (Å²) in [4.78, 5) is 4.10. The van der Waals surface area contributed by atoms with Gasteiger partial charge in [0.2, 0.25) is 0 Å². The fourth-order valence-corrected chi connectivity index (χ4v) is 2.82. The summed E-state index contributed by atoms with van der Waals surface area (Å²) in [5.74, 6) is 0.922. The van der Waals surface area contributed by atoms with Crippen molar-refractivity contribution in [1.29, 1.82) is 0 Å². The first kappa shape index (κ1) is 12.7. The highest BCUT2D eigenvalue weighted by Crippen LogP contribution is 2.28. The van der Waals surface area contributed by atoms with Gasteiger partial charge in [0.25, 0.3) is 0 Å². The zero-order valence-corrected chi connectivity index (χ0v) is 11.2. The summed E-state index contributed by atoms with van der Waals surface area (Å²) in [6, 6.07) is 4.50. The van der Waals surface area contributed by atoms with Gasteiger partial charge in [0.1, 0.15) is 0 Å². The van der Waals surface area contributed by atoms with Crippen LogP contribution < -0.4 is 5.32 Å². The van der Waals surface area contributed by atoms with Gasteiger partial charge >= 0.3 is 0 Å². The molecule has 0 radical (unpaired) electrons. The Labute approximate surface area is 109 Å². The lowest BCUT2D eigenvalue weighted by Gasteiger charge is -2.18. The molecule has 1 aromatic heterocycles. The first-order valence-corrected chi connectivity index (χ1v) is 7.04. The quantitative estimate of drug-likeness (QED) is 0.633. The third-order valence-corrected chi connectivity index (χ3v) is 4.09. The number of hydrogen-bond donors (Lipinski definition) is 1. The van der Waals surface area contributed by atoms with E-state index >= 15 is 0 Å². The van der Waals surface area contributed by atoms with Crippen LogP contribution in [-0.2, 0) is 0 Å². The molecule has 2 nitrogen and oxygen atoms in total. The topological polar surface area (TPSA) is 24.9 Å². The molecule has 1 saturated carbocycles. The number of anilines is 1. The van der Waals surface area contributed by atoms with Crippen molar-refractivity contribution in [3.05, 3.63) is 23.5 Å². The predicted molar refractivity (Wildman–Crippen MR) is 73.5 cm³/mol. The Hall–Kier alpha value is -0.760. The highest BCUT2D eigenvalue weighted by atomic mass is 35.5. The van der Waals surface area contributed by atoms with Crippen LogP contribution in [0.3, 0.4) is 0 Å². The molecule has 2 atom stereocenters. The maximum atomic E-state index is 6.07. The van der Waals surface area contributed by atoms with Gasteiger partial charge < -0.3 is 5.32 Å². The maximum absolute atomic E-state index is 6.07. The number of pyridine rings is 1. The monoisotopic (exact) mass is 252 g/mol. The second-order valence-corrected chi connectivity index (χ2v) is 5.32.